The van der Waals surface area contributed by atoms with Crippen molar-refractivity contribution < 1.29 is 16.8 Å². The van der Waals surface area contributed by atoms with Crippen LogP contribution in [0.25, 0.3) is 0 Å². The second kappa shape index (κ2) is 8.84. The number of piperazine rings is 1. The summed E-state index contributed by atoms with van der Waals surface area (Å²) in [6.45, 7) is 2.53. The van der Waals surface area contributed by atoms with Crippen LogP contribution >= 0.6 is 0 Å². The highest BCUT2D eigenvalue weighted by atomic mass is 32.2. The summed E-state index contributed by atoms with van der Waals surface area (Å²) in [4.78, 5) is 6.13. The Morgan fingerprint density at radius 3 is 2.23 bits per heavy atom. The Morgan fingerprint density at radius 2 is 1.68 bits per heavy atom. The number of nitrogens with zero attached hydrogens (tertiary/aromatic N) is 4. The average Bonchev–Trinajstić information content (AvgIpc) is 2.74. The topological polar surface area (TPSA) is 117 Å². The van der Waals surface area contributed by atoms with Gasteiger partial charge >= 0.3 is 0 Å². The molecule has 0 radical (unpaired) electrons. The maximum absolute atomic E-state index is 13.0. The summed E-state index contributed by atoms with van der Waals surface area (Å²) in [7, 11) is -4.30. The third kappa shape index (κ3) is 4.67. The predicted molar refractivity (Wildman–Crippen MR) is 119 cm³/mol. The Bertz CT molecular complexity index is 1200. The quantitative estimate of drug-likeness (QED) is 0.652. The van der Waals surface area contributed by atoms with Crippen molar-refractivity contribution in [2.45, 2.75) is 22.8 Å². The molecule has 1 saturated heterocycles. The first-order chi connectivity index (χ1) is 14.6. The normalized spacial score (nSPS) is 17.9. The molecular formula is C20H25N5O4S2. The molecule has 0 saturated carbocycles. The first-order valence-corrected chi connectivity index (χ1v) is 12.4. The van der Waals surface area contributed by atoms with Crippen molar-refractivity contribution in [1.29, 1.82) is 0 Å². The monoisotopic (exact) mass is 463 g/mol. The van der Waals surface area contributed by atoms with E-state index in [1.54, 1.807) is 31.2 Å². The highest BCUT2D eigenvalue weighted by Crippen LogP contribution is 2.26. The van der Waals surface area contributed by atoms with E-state index in [0.717, 1.165) is 9.99 Å². The van der Waals surface area contributed by atoms with Gasteiger partial charge in [0.2, 0.25) is 20.0 Å². The van der Waals surface area contributed by atoms with Gasteiger partial charge in [0.05, 0.1) is 4.90 Å². The van der Waals surface area contributed by atoms with Crippen LogP contribution in [-0.4, -0.2) is 70.2 Å². The molecule has 1 aromatic carbocycles. The number of nitrogens with two attached hydrogens (primary N) is 1. The molecule has 0 spiro atoms. The number of anilines is 2. The van der Waals surface area contributed by atoms with Gasteiger partial charge in [-0.2, -0.15) is 4.31 Å². The van der Waals surface area contributed by atoms with Crippen LogP contribution in [0.5, 0.6) is 0 Å². The molecule has 0 amide bonds. The Kier molecular flexibility index (Phi) is 6.56. The van der Waals surface area contributed by atoms with Crippen molar-refractivity contribution in [2.24, 2.45) is 0 Å². The maximum atomic E-state index is 13.0. The number of pyridine rings is 1. The van der Waals surface area contributed by atoms with Gasteiger partial charge in [0.1, 0.15) is 16.8 Å². The number of hydrogen-bond acceptors (Lipinski definition) is 7. The highest BCUT2D eigenvalue weighted by Gasteiger charge is 2.34. The number of rotatable bonds is 5. The van der Waals surface area contributed by atoms with Gasteiger partial charge in [-0.15, -0.1) is 5.92 Å². The molecule has 2 aromatic rings. The molecule has 0 bridgehead atoms. The van der Waals surface area contributed by atoms with Crippen LogP contribution in [0.15, 0.2) is 52.4 Å². The lowest BCUT2D eigenvalue weighted by atomic mass is 10.1. The van der Waals surface area contributed by atoms with E-state index >= 15 is 0 Å². The van der Waals surface area contributed by atoms with Crippen molar-refractivity contribution in [2.75, 3.05) is 44.4 Å². The van der Waals surface area contributed by atoms with Gasteiger partial charge in [-0.05, 0) is 43.3 Å². The zero-order valence-corrected chi connectivity index (χ0v) is 19.2. The van der Waals surface area contributed by atoms with Crippen LogP contribution in [0.1, 0.15) is 6.92 Å². The Balaban J connectivity index is 1.85. The molecule has 1 aromatic heterocycles. The summed E-state index contributed by atoms with van der Waals surface area (Å²) in [6.07, 6.45) is 1.25. The van der Waals surface area contributed by atoms with Crippen molar-refractivity contribution in [1.82, 2.24) is 13.6 Å². The third-order valence-corrected chi connectivity index (χ3v) is 8.68. The largest absolute Gasteiger partial charge is 0.384 e. The molecule has 11 heteroatoms. The van der Waals surface area contributed by atoms with E-state index in [1.807, 2.05) is 4.90 Å². The zero-order valence-electron chi connectivity index (χ0n) is 17.6. The lowest BCUT2D eigenvalue weighted by molar-refractivity contribution is 0.360. The summed E-state index contributed by atoms with van der Waals surface area (Å²) in [5.74, 6) is 6.18. The third-order valence-electron chi connectivity index (χ3n) is 5.00. The van der Waals surface area contributed by atoms with E-state index in [4.69, 9.17) is 5.73 Å². The number of aromatic nitrogens is 1. The van der Waals surface area contributed by atoms with Gasteiger partial charge < -0.3 is 10.6 Å². The summed E-state index contributed by atoms with van der Waals surface area (Å²) < 4.78 is 53.2. The van der Waals surface area contributed by atoms with E-state index in [2.05, 4.69) is 16.8 Å². The number of nitrogen functional groups attached to an aromatic ring is 1. The van der Waals surface area contributed by atoms with E-state index in [0.29, 0.717) is 6.54 Å². The summed E-state index contributed by atoms with van der Waals surface area (Å²) in [5, 5.41) is 0. The maximum Gasteiger partial charge on any atom is 0.244 e. The SMILES string of the molecule is CC#C[C@H]1CN(S(=O)(=O)c2ccc(N)nc2)CCN1c1ccc(S(=O)(=O)N(C)C)cc1. The first-order valence-electron chi connectivity index (χ1n) is 9.50. The minimum absolute atomic E-state index is 0.0802. The molecule has 2 heterocycles. The van der Waals surface area contributed by atoms with Gasteiger partial charge in [-0.3, -0.25) is 0 Å². The molecule has 0 aliphatic carbocycles. The van der Waals surface area contributed by atoms with E-state index in [9.17, 15) is 16.8 Å². The molecule has 3 rings (SSSR count). The van der Waals surface area contributed by atoms with Crippen LogP contribution < -0.4 is 10.6 Å². The van der Waals surface area contributed by atoms with Crippen molar-refractivity contribution in [3.63, 3.8) is 0 Å². The molecule has 1 aliphatic rings. The van der Waals surface area contributed by atoms with Crippen LogP contribution in [-0.2, 0) is 20.0 Å². The van der Waals surface area contributed by atoms with Gasteiger partial charge in [-0.1, -0.05) is 5.92 Å². The molecule has 9 nitrogen and oxygen atoms in total. The molecule has 31 heavy (non-hydrogen) atoms. The van der Waals surface area contributed by atoms with Crippen molar-refractivity contribution in [3.05, 3.63) is 42.6 Å². The highest BCUT2D eigenvalue weighted by molar-refractivity contribution is 7.89. The van der Waals surface area contributed by atoms with Crippen LogP contribution in [0.3, 0.4) is 0 Å². The molecule has 1 atom stereocenters. The summed E-state index contributed by atoms with van der Waals surface area (Å²) >= 11 is 0. The van der Waals surface area contributed by atoms with Crippen LogP contribution in [0.2, 0.25) is 0 Å². The zero-order chi connectivity index (χ0) is 22.8. The van der Waals surface area contributed by atoms with E-state index < -0.39 is 20.0 Å². The minimum Gasteiger partial charge on any atom is -0.384 e. The molecule has 0 unspecified atom stereocenters. The van der Waals surface area contributed by atoms with Gasteiger partial charge in [0, 0.05) is 45.6 Å². The molecule has 1 aliphatic heterocycles. The van der Waals surface area contributed by atoms with Gasteiger partial charge in [0.25, 0.3) is 0 Å². The fraction of sp³-hybridized carbons (Fsp3) is 0.350. The number of sulfonamides is 2. The molecule has 1 fully saturated rings. The smallest absolute Gasteiger partial charge is 0.244 e. The molecular weight excluding hydrogens is 438 g/mol. The van der Waals surface area contributed by atoms with Crippen LogP contribution in [0, 0.1) is 11.8 Å². The fourth-order valence-corrected chi connectivity index (χ4v) is 5.57. The standard InChI is InChI=1S/C20H25N5O4S2/c1-4-5-17-15-24(31(28,29)19-10-11-20(21)22-14-19)12-13-25(17)16-6-8-18(9-7-16)30(26,27)23(2)3/h6-11,14,17H,12-13,15H2,1-3H3,(H2,21,22)/t17-/m0/s1. The fourth-order valence-electron chi connectivity index (χ4n) is 3.29. The lowest BCUT2D eigenvalue weighted by Gasteiger charge is -2.39. The average molecular weight is 464 g/mol. The molecule has 166 valence electrons. The van der Waals surface area contributed by atoms with Gasteiger partial charge in [-0.25, -0.2) is 26.1 Å². The van der Waals surface area contributed by atoms with Crippen molar-refractivity contribution in [3.8, 4) is 11.8 Å². The molecule has 2 N–H and O–H groups in total. The van der Waals surface area contributed by atoms with Crippen LogP contribution in [0.4, 0.5) is 11.5 Å². The second-order valence-corrected chi connectivity index (χ2v) is 11.3. The summed E-state index contributed by atoms with van der Waals surface area (Å²) in [5.41, 5.74) is 6.34. The number of benzene rings is 1. The predicted octanol–water partition coefficient (Wildman–Crippen LogP) is 0.817. The van der Waals surface area contributed by atoms with E-state index in [1.165, 1.54) is 36.7 Å². The lowest BCUT2D eigenvalue weighted by Crippen LogP contribution is -2.54. The second-order valence-electron chi connectivity index (χ2n) is 7.17. The minimum atomic E-state index is -3.74. The summed E-state index contributed by atoms with van der Waals surface area (Å²) in [6, 6.07) is 9.04. The Labute approximate surface area is 183 Å². The van der Waals surface area contributed by atoms with Crippen molar-refractivity contribution >= 4 is 31.6 Å². The van der Waals surface area contributed by atoms with Gasteiger partial charge in [0.15, 0.2) is 0 Å². The first kappa shape index (κ1) is 23.0. The Morgan fingerprint density at radius 1 is 1.03 bits per heavy atom. The van der Waals surface area contributed by atoms with E-state index in [-0.39, 0.29) is 34.7 Å². The number of hydrogen-bond donors (Lipinski definition) is 1. The Hall–Kier alpha value is -2.65.